The molecule has 1 atom stereocenters. The van der Waals surface area contributed by atoms with Crippen LogP contribution in [0.4, 0.5) is 10.1 Å². The molecule has 2 N–H and O–H groups in total. The van der Waals surface area contributed by atoms with E-state index < -0.39 is 17.8 Å². The summed E-state index contributed by atoms with van der Waals surface area (Å²) in [7, 11) is 0. The third-order valence-corrected chi connectivity index (χ3v) is 3.79. The van der Waals surface area contributed by atoms with E-state index in [9.17, 15) is 14.0 Å². The minimum atomic E-state index is -0.798. The minimum Gasteiger partial charge on any atom is -0.494 e. The first-order chi connectivity index (χ1) is 12.4. The molecule has 2 aromatic rings. The maximum atomic E-state index is 13.7. The summed E-state index contributed by atoms with van der Waals surface area (Å²) >= 11 is 0. The zero-order valence-electron chi connectivity index (χ0n) is 15.1. The highest BCUT2D eigenvalue weighted by atomic mass is 19.1. The van der Waals surface area contributed by atoms with Crippen molar-refractivity contribution in [2.45, 2.75) is 26.8 Å². The van der Waals surface area contributed by atoms with Gasteiger partial charge in [0, 0.05) is 5.56 Å². The molecule has 0 spiro atoms. The fraction of sp³-hybridized carbons (Fsp3) is 0.300. The molecule has 1 unspecified atom stereocenters. The molecule has 0 saturated carbocycles. The predicted octanol–water partition coefficient (Wildman–Crippen LogP) is 3.62. The summed E-state index contributed by atoms with van der Waals surface area (Å²) in [5.74, 6) is -0.879. The molecule has 0 radical (unpaired) electrons. The molecule has 0 fully saturated rings. The predicted molar refractivity (Wildman–Crippen MR) is 98.7 cm³/mol. The van der Waals surface area contributed by atoms with Gasteiger partial charge in [0.25, 0.3) is 5.91 Å². The minimum absolute atomic E-state index is 0.0819. The van der Waals surface area contributed by atoms with Crippen LogP contribution in [0.3, 0.4) is 0 Å². The van der Waals surface area contributed by atoms with Gasteiger partial charge in [-0.3, -0.25) is 9.59 Å². The lowest BCUT2D eigenvalue weighted by molar-refractivity contribution is -0.118. The summed E-state index contributed by atoms with van der Waals surface area (Å²) in [4.78, 5) is 24.9. The van der Waals surface area contributed by atoms with Gasteiger partial charge in [0.2, 0.25) is 5.91 Å². The first-order valence-corrected chi connectivity index (χ1v) is 8.51. The number of carbonyl (C=O) groups excluding carboxylic acids is 2. The monoisotopic (exact) mass is 358 g/mol. The number of para-hydroxylation sites is 1. The summed E-state index contributed by atoms with van der Waals surface area (Å²) in [5.41, 5.74) is 0.497. The van der Waals surface area contributed by atoms with E-state index in [1.807, 2.05) is 20.8 Å². The highest BCUT2D eigenvalue weighted by Crippen LogP contribution is 2.15. The van der Waals surface area contributed by atoms with Gasteiger partial charge in [-0.15, -0.1) is 0 Å². The number of amides is 2. The quantitative estimate of drug-likeness (QED) is 0.794. The SMILES string of the molecule is CCOc1ccc(C(=O)NC(C(=O)Nc2ccccc2F)C(C)C)cc1. The summed E-state index contributed by atoms with van der Waals surface area (Å²) in [6, 6.07) is 11.8. The van der Waals surface area contributed by atoms with Crippen LogP contribution >= 0.6 is 0 Å². The molecule has 6 heteroatoms. The average molecular weight is 358 g/mol. The van der Waals surface area contributed by atoms with Crippen LogP contribution in [0.25, 0.3) is 0 Å². The van der Waals surface area contributed by atoms with Crippen molar-refractivity contribution in [3.63, 3.8) is 0 Å². The lowest BCUT2D eigenvalue weighted by Gasteiger charge is -2.22. The Morgan fingerprint density at radius 3 is 2.31 bits per heavy atom. The van der Waals surface area contributed by atoms with Crippen LogP contribution in [0.2, 0.25) is 0 Å². The maximum absolute atomic E-state index is 13.7. The zero-order valence-corrected chi connectivity index (χ0v) is 15.1. The van der Waals surface area contributed by atoms with Crippen molar-refractivity contribution in [3.05, 3.63) is 59.9 Å². The molecule has 26 heavy (non-hydrogen) atoms. The Hall–Kier alpha value is -2.89. The van der Waals surface area contributed by atoms with E-state index in [1.165, 1.54) is 12.1 Å². The normalized spacial score (nSPS) is 11.7. The van der Waals surface area contributed by atoms with E-state index in [0.29, 0.717) is 17.9 Å². The van der Waals surface area contributed by atoms with Crippen LogP contribution in [0.5, 0.6) is 5.75 Å². The van der Waals surface area contributed by atoms with Crippen LogP contribution in [-0.4, -0.2) is 24.5 Å². The summed E-state index contributed by atoms with van der Waals surface area (Å²) < 4.78 is 19.1. The molecule has 0 aliphatic carbocycles. The highest BCUT2D eigenvalue weighted by Gasteiger charge is 2.25. The fourth-order valence-corrected chi connectivity index (χ4v) is 2.40. The van der Waals surface area contributed by atoms with Crippen LogP contribution < -0.4 is 15.4 Å². The number of carbonyl (C=O) groups is 2. The molecule has 0 aromatic heterocycles. The number of halogens is 1. The van der Waals surface area contributed by atoms with Gasteiger partial charge < -0.3 is 15.4 Å². The summed E-state index contributed by atoms with van der Waals surface area (Å²) in [6.45, 7) is 6.04. The number of ether oxygens (including phenoxy) is 1. The Morgan fingerprint density at radius 2 is 1.73 bits per heavy atom. The van der Waals surface area contributed by atoms with Crippen molar-refractivity contribution in [1.29, 1.82) is 0 Å². The Morgan fingerprint density at radius 1 is 1.08 bits per heavy atom. The second-order valence-electron chi connectivity index (χ2n) is 6.12. The molecule has 0 bridgehead atoms. The standard InChI is InChI=1S/C20H23FN2O3/c1-4-26-15-11-9-14(10-12-15)19(24)23-18(13(2)3)20(25)22-17-8-6-5-7-16(17)21/h5-13,18H,4H2,1-3H3,(H,22,25)(H,23,24). The second-order valence-corrected chi connectivity index (χ2v) is 6.12. The van der Waals surface area contributed by atoms with Gasteiger partial charge in [-0.2, -0.15) is 0 Å². The van der Waals surface area contributed by atoms with Crippen LogP contribution in [0.1, 0.15) is 31.1 Å². The molecular formula is C20H23FN2O3. The summed E-state index contributed by atoms with van der Waals surface area (Å²) in [6.07, 6.45) is 0. The van der Waals surface area contributed by atoms with Crippen molar-refractivity contribution in [3.8, 4) is 5.75 Å². The number of benzene rings is 2. The lowest BCUT2D eigenvalue weighted by Crippen LogP contribution is -2.47. The van der Waals surface area contributed by atoms with Crippen molar-refractivity contribution in [2.24, 2.45) is 5.92 Å². The Balaban J connectivity index is 2.08. The number of hydrogen-bond acceptors (Lipinski definition) is 3. The Kier molecular flexibility index (Phi) is 6.72. The van der Waals surface area contributed by atoms with Crippen LogP contribution in [0, 0.1) is 11.7 Å². The van der Waals surface area contributed by atoms with Crippen LogP contribution in [0.15, 0.2) is 48.5 Å². The summed E-state index contributed by atoms with van der Waals surface area (Å²) in [5, 5.41) is 5.24. The molecule has 0 saturated heterocycles. The van der Waals surface area contributed by atoms with E-state index in [4.69, 9.17) is 4.74 Å². The molecule has 2 amide bonds. The average Bonchev–Trinajstić information content (AvgIpc) is 2.62. The Labute approximate surface area is 152 Å². The molecule has 2 rings (SSSR count). The van der Waals surface area contributed by atoms with Crippen LogP contribution in [-0.2, 0) is 4.79 Å². The number of anilines is 1. The molecule has 0 heterocycles. The fourth-order valence-electron chi connectivity index (χ4n) is 2.40. The van der Waals surface area contributed by atoms with Gasteiger partial charge in [-0.05, 0) is 49.2 Å². The van der Waals surface area contributed by atoms with Gasteiger partial charge in [-0.1, -0.05) is 26.0 Å². The first kappa shape index (κ1) is 19.4. The van der Waals surface area contributed by atoms with E-state index in [-0.39, 0.29) is 17.5 Å². The topological polar surface area (TPSA) is 67.4 Å². The molecule has 0 aliphatic rings. The Bertz CT molecular complexity index is 760. The van der Waals surface area contributed by atoms with Gasteiger partial charge in [0.1, 0.15) is 17.6 Å². The lowest BCUT2D eigenvalue weighted by atomic mass is 10.0. The van der Waals surface area contributed by atoms with Gasteiger partial charge in [0.05, 0.1) is 12.3 Å². The number of hydrogen-bond donors (Lipinski definition) is 2. The smallest absolute Gasteiger partial charge is 0.251 e. The van der Waals surface area contributed by atoms with Gasteiger partial charge in [0.15, 0.2) is 0 Å². The highest BCUT2D eigenvalue weighted by molar-refractivity contribution is 6.01. The largest absolute Gasteiger partial charge is 0.494 e. The molecule has 5 nitrogen and oxygen atoms in total. The van der Waals surface area contributed by atoms with Crippen molar-refractivity contribution in [1.82, 2.24) is 5.32 Å². The van der Waals surface area contributed by atoms with Crippen molar-refractivity contribution < 1.29 is 18.7 Å². The van der Waals surface area contributed by atoms with E-state index in [0.717, 1.165) is 0 Å². The van der Waals surface area contributed by atoms with Gasteiger partial charge in [-0.25, -0.2) is 4.39 Å². The zero-order chi connectivity index (χ0) is 19.1. The third kappa shape index (κ3) is 5.05. The maximum Gasteiger partial charge on any atom is 0.251 e. The molecule has 138 valence electrons. The van der Waals surface area contributed by atoms with E-state index >= 15 is 0 Å². The van der Waals surface area contributed by atoms with Crippen molar-refractivity contribution >= 4 is 17.5 Å². The van der Waals surface area contributed by atoms with E-state index in [1.54, 1.807) is 36.4 Å². The first-order valence-electron chi connectivity index (χ1n) is 8.51. The second kappa shape index (κ2) is 8.99. The van der Waals surface area contributed by atoms with Gasteiger partial charge >= 0.3 is 0 Å². The van der Waals surface area contributed by atoms with E-state index in [2.05, 4.69) is 10.6 Å². The molecule has 0 aliphatic heterocycles. The third-order valence-electron chi connectivity index (χ3n) is 3.79. The van der Waals surface area contributed by atoms with Crippen molar-refractivity contribution in [2.75, 3.05) is 11.9 Å². The number of rotatable bonds is 7. The molecule has 2 aromatic carbocycles. The molecular weight excluding hydrogens is 335 g/mol. The number of nitrogens with one attached hydrogen (secondary N) is 2.